The van der Waals surface area contributed by atoms with E-state index in [9.17, 15) is 0 Å². The SMILES string of the molecule is O=[N+]([O-])NI. The van der Waals surface area contributed by atoms with Crippen molar-refractivity contribution in [1.82, 2.24) is 3.64 Å². The number of hydrazine groups is 1. The van der Waals surface area contributed by atoms with Crippen LogP contribution in [0, 0.1) is 10.1 Å². The average molecular weight is 188 g/mol. The Morgan fingerprint density at radius 3 is 2.20 bits per heavy atom. The number of hydrogen-bond acceptors (Lipinski definition) is 2. The molecule has 0 unspecified atom stereocenters. The summed E-state index contributed by atoms with van der Waals surface area (Å²) in [6.07, 6.45) is 0. The van der Waals surface area contributed by atoms with Gasteiger partial charge in [0.2, 0.25) is 0 Å². The van der Waals surface area contributed by atoms with Gasteiger partial charge in [-0.05, 0) is 0 Å². The molecule has 0 amide bonds. The second kappa shape index (κ2) is 2.18. The maximum Gasteiger partial charge on any atom is 0.167 e. The first-order chi connectivity index (χ1) is 2.27. The van der Waals surface area contributed by atoms with E-state index in [4.69, 9.17) is 10.1 Å². The summed E-state index contributed by atoms with van der Waals surface area (Å²) in [6.45, 7) is 0. The van der Waals surface area contributed by atoms with Crippen LogP contribution in [0.25, 0.3) is 0 Å². The molecule has 1 N–H and O–H groups in total. The molecule has 0 aromatic heterocycles. The molecule has 0 aromatic rings. The maximum atomic E-state index is 9.06. The zero-order valence-electron chi connectivity index (χ0n) is 2.14. The van der Waals surface area contributed by atoms with E-state index in [0.29, 0.717) is 0 Å². The van der Waals surface area contributed by atoms with E-state index in [2.05, 4.69) is 0 Å². The minimum Gasteiger partial charge on any atom is -0.234 e. The fourth-order valence-electron chi connectivity index (χ4n) is 0. The molecule has 0 spiro atoms. The number of halogens is 1. The first kappa shape index (κ1) is 4.93. The summed E-state index contributed by atoms with van der Waals surface area (Å²) < 4.78 is 1.72. The van der Waals surface area contributed by atoms with Crippen molar-refractivity contribution >= 4 is 22.9 Å². The molecule has 5 heteroatoms. The lowest BCUT2D eigenvalue weighted by molar-refractivity contribution is -0.509. The molecule has 0 aliphatic heterocycles. The van der Waals surface area contributed by atoms with Gasteiger partial charge >= 0.3 is 0 Å². The van der Waals surface area contributed by atoms with Crippen molar-refractivity contribution in [2.45, 2.75) is 0 Å². The van der Waals surface area contributed by atoms with Gasteiger partial charge in [0.05, 0.1) is 0 Å². The third kappa shape index (κ3) is 3.93. The molecule has 0 bridgehead atoms. The van der Waals surface area contributed by atoms with E-state index in [1.54, 1.807) is 3.64 Å². The van der Waals surface area contributed by atoms with Crippen LogP contribution < -0.4 is 3.64 Å². The summed E-state index contributed by atoms with van der Waals surface area (Å²) in [5, 5.41) is 8.42. The van der Waals surface area contributed by atoms with E-state index in [0.717, 1.165) is 0 Å². The number of nitrogens with zero attached hydrogens (tertiary/aromatic N) is 1. The molecule has 0 heterocycles. The Morgan fingerprint density at radius 1 is 2.00 bits per heavy atom. The summed E-state index contributed by atoms with van der Waals surface area (Å²) in [6, 6.07) is 0. The molecule has 30 valence electrons. The summed E-state index contributed by atoms with van der Waals surface area (Å²) in [5.74, 6) is 0. The van der Waals surface area contributed by atoms with Crippen molar-refractivity contribution in [3.05, 3.63) is 10.1 Å². The highest BCUT2D eigenvalue weighted by Crippen LogP contribution is 1.63. The fourth-order valence-corrected chi connectivity index (χ4v) is 0. The van der Waals surface area contributed by atoms with Gasteiger partial charge in [-0.3, -0.25) is 0 Å². The summed E-state index contributed by atoms with van der Waals surface area (Å²) >= 11 is 1.43. The van der Waals surface area contributed by atoms with Gasteiger partial charge in [0.15, 0.2) is 5.03 Å². The normalized spacial score (nSPS) is 6.60. The van der Waals surface area contributed by atoms with Crippen LogP contribution in [0.5, 0.6) is 0 Å². The Morgan fingerprint density at radius 2 is 2.20 bits per heavy atom. The molecular formula is HIN2O2. The Bertz CT molecular complexity index is 42.9. The number of nitro groups is 1. The van der Waals surface area contributed by atoms with E-state index in [1.807, 2.05) is 0 Å². The lowest BCUT2D eigenvalue weighted by Crippen LogP contribution is -2.05. The van der Waals surface area contributed by atoms with Crippen molar-refractivity contribution in [2.75, 3.05) is 0 Å². The van der Waals surface area contributed by atoms with Gasteiger partial charge in [0.25, 0.3) is 0 Å². The molecule has 0 atom stereocenters. The summed E-state index contributed by atoms with van der Waals surface area (Å²) in [4.78, 5) is 9.06. The van der Waals surface area contributed by atoms with Gasteiger partial charge in [-0.1, -0.05) is 3.64 Å². The molecule has 5 heavy (non-hydrogen) atoms. The van der Waals surface area contributed by atoms with Crippen LogP contribution in [0.1, 0.15) is 0 Å². The van der Waals surface area contributed by atoms with Crippen LogP contribution in [0.3, 0.4) is 0 Å². The highest BCUT2D eigenvalue weighted by atomic mass is 127. The lowest BCUT2D eigenvalue weighted by atomic mass is 12.7. The van der Waals surface area contributed by atoms with E-state index >= 15 is 0 Å². The molecule has 0 aliphatic rings. The van der Waals surface area contributed by atoms with Crippen molar-refractivity contribution < 1.29 is 5.03 Å². The monoisotopic (exact) mass is 188 g/mol. The van der Waals surface area contributed by atoms with Crippen LogP contribution in [-0.2, 0) is 0 Å². The van der Waals surface area contributed by atoms with Crippen molar-refractivity contribution in [3.8, 4) is 0 Å². The Labute approximate surface area is 42.2 Å². The zero-order chi connectivity index (χ0) is 4.28. The van der Waals surface area contributed by atoms with E-state index in [-0.39, 0.29) is 0 Å². The Hall–Kier alpha value is -0.0700. The molecule has 0 radical (unpaired) electrons. The lowest BCUT2D eigenvalue weighted by Gasteiger charge is -1.73. The Kier molecular flexibility index (Phi) is 2.15. The van der Waals surface area contributed by atoms with Crippen LogP contribution in [0.15, 0.2) is 0 Å². The van der Waals surface area contributed by atoms with Crippen LogP contribution in [0.4, 0.5) is 0 Å². The Balaban J connectivity index is 2.85. The second-order valence-electron chi connectivity index (χ2n) is 0.342. The van der Waals surface area contributed by atoms with E-state index < -0.39 is 5.03 Å². The average Bonchev–Trinajstić information content (AvgIpc) is 1.38. The fraction of sp³-hybridized carbons (Fsp3) is 0. The van der Waals surface area contributed by atoms with Gasteiger partial charge < -0.3 is 0 Å². The first-order valence-electron chi connectivity index (χ1n) is 0.778. The van der Waals surface area contributed by atoms with E-state index in [1.165, 1.54) is 22.9 Å². The second-order valence-corrected chi connectivity index (χ2v) is 0.824. The van der Waals surface area contributed by atoms with Gasteiger partial charge in [0, 0.05) is 0 Å². The van der Waals surface area contributed by atoms with Crippen LogP contribution in [-0.4, -0.2) is 5.03 Å². The van der Waals surface area contributed by atoms with Crippen molar-refractivity contribution in [3.63, 3.8) is 0 Å². The van der Waals surface area contributed by atoms with Crippen LogP contribution in [0.2, 0.25) is 0 Å². The molecular weight excluding hydrogens is 187 g/mol. The van der Waals surface area contributed by atoms with Gasteiger partial charge in [-0.25, -0.2) is 10.1 Å². The predicted octanol–water partition coefficient (Wildman–Crippen LogP) is 0.118. The standard InChI is InChI=1S/HIN2O2/c1-2-3(4)5/h2H. The molecule has 0 aromatic carbocycles. The highest BCUT2D eigenvalue weighted by molar-refractivity contribution is 14.1. The number of rotatable bonds is 1. The topological polar surface area (TPSA) is 55.2 Å². The predicted molar refractivity (Wildman–Crippen MR) is 24.2 cm³/mol. The quantitative estimate of drug-likeness (QED) is 0.275. The minimum atomic E-state index is -0.638. The smallest absolute Gasteiger partial charge is 0.167 e. The summed E-state index contributed by atoms with van der Waals surface area (Å²) in [5.41, 5.74) is 0. The third-order valence-corrected chi connectivity index (χ3v) is 0.463. The zero-order valence-corrected chi connectivity index (χ0v) is 4.30. The molecule has 4 nitrogen and oxygen atoms in total. The van der Waals surface area contributed by atoms with Gasteiger partial charge in [-0.15, -0.1) is 0 Å². The van der Waals surface area contributed by atoms with Gasteiger partial charge in [0.1, 0.15) is 22.9 Å². The largest absolute Gasteiger partial charge is 0.234 e. The van der Waals surface area contributed by atoms with Crippen molar-refractivity contribution in [1.29, 1.82) is 0 Å². The molecule has 0 saturated heterocycles. The van der Waals surface area contributed by atoms with Crippen molar-refractivity contribution in [2.24, 2.45) is 0 Å². The molecule has 0 saturated carbocycles. The van der Waals surface area contributed by atoms with Crippen LogP contribution >= 0.6 is 22.9 Å². The first-order valence-corrected chi connectivity index (χ1v) is 1.86. The highest BCUT2D eigenvalue weighted by Gasteiger charge is 1.75. The number of hydrogen-bond donors (Lipinski definition) is 1. The third-order valence-electron chi connectivity index (χ3n) is 0.0690. The molecule has 0 fully saturated rings. The summed E-state index contributed by atoms with van der Waals surface area (Å²) in [7, 11) is 0. The molecule has 0 rings (SSSR count). The minimum absolute atomic E-state index is 0.638. The maximum absolute atomic E-state index is 9.06. The molecule has 0 aliphatic carbocycles. The number of nitrogens with one attached hydrogen (secondary N) is 1. The van der Waals surface area contributed by atoms with Gasteiger partial charge in [-0.2, -0.15) is 0 Å².